The lowest BCUT2D eigenvalue weighted by Crippen LogP contribution is -2.40. The summed E-state index contributed by atoms with van der Waals surface area (Å²) in [6.07, 6.45) is 3.25. The average molecular weight is 532 g/mol. The van der Waals surface area contributed by atoms with E-state index < -0.39 is 0 Å². The van der Waals surface area contributed by atoms with Gasteiger partial charge in [0.2, 0.25) is 5.95 Å². The van der Waals surface area contributed by atoms with Crippen molar-refractivity contribution < 1.29 is 0 Å². The standard InChI is InChI=1S/C29H34ClN7O/c1-8-12-36-26(38)20-15-31-27(34-25(20)37(36)23-11-9-10-22(33-23)28(2,3)4)32-19-13-18-16-35(7)17-29(5,6)24(18)21(30)14-19/h8-11,13-15H,1,12,16-17H2,2-7H3,(H,31,32,34). The summed E-state index contributed by atoms with van der Waals surface area (Å²) in [5.74, 6) is 0.978. The second-order valence-corrected chi connectivity index (χ2v) is 12.1. The van der Waals surface area contributed by atoms with E-state index in [9.17, 15) is 4.79 Å². The van der Waals surface area contributed by atoms with Gasteiger partial charge in [0.1, 0.15) is 5.39 Å². The highest BCUT2D eigenvalue weighted by molar-refractivity contribution is 6.32. The van der Waals surface area contributed by atoms with E-state index in [4.69, 9.17) is 21.6 Å². The Morgan fingerprint density at radius 2 is 1.97 bits per heavy atom. The molecule has 9 heteroatoms. The Balaban J connectivity index is 1.62. The molecule has 3 aromatic heterocycles. The number of likely N-dealkylation sites (N-methyl/N-ethyl adjacent to an activating group) is 1. The molecule has 38 heavy (non-hydrogen) atoms. The summed E-state index contributed by atoms with van der Waals surface area (Å²) in [6, 6.07) is 9.85. The summed E-state index contributed by atoms with van der Waals surface area (Å²) in [6.45, 7) is 16.6. The van der Waals surface area contributed by atoms with Gasteiger partial charge in [-0.1, -0.05) is 58.4 Å². The van der Waals surface area contributed by atoms with Crippen LogP contribution in [0.1, 0.15) is 51.4 Å². The summed E-state index contributed by atoms with van der Waals surface area (Å²) in [4.78, 5) is 29.7. The fourth-order valence-electron chi connectivity index (χ4n) is 5.42. The van der Waals surface area contributed by atoms with Gasteiger partial charge in [-0.05, 0) is 42.4 Å². The van der Waals surface area contributed by atoms with Crippen LogP contribution in [0, 0.1) is 0 Å². The average Bonchev–Trinajstić information content (AvgIpc) is 3.08. The Kier molecular flexibility index (Phi) is 6.44. The smallest absolute Gasteiger partial charge is 0.278 e. The third kappa shape index (κ3) is 4.63. The van der Waals surface area contributed by atoms with Gasteiger partial charge in [0.15, 0.2) is 11.5 Å². The van der Waals surface area contributed by atoms with Crippen LogP contribution in [0.2, 0.25) is 5.02 Å². The molecule has 0 saturated heterocycles. The Bertz CT molecular complexity index is 1610. The van der Waals surface area contributed by atoms with Crippen molar-refractivity contribution in [2.75, 3.05) is 18.9 Å². The van der Waals surface area contributed by atoms with Crippen molar-refractivity contribution in [1.29, 1.82) is 0 Å². The topological polar surface area (TPSA) is 80.9 Å². The molecule has 4 heterocycles. The van der Waals surface area contributed by atoms with Gasteiger partial charge in [-0.15, -0.1) is 6.58 Å². The molecule has 0 bridgehead atoms. The fourth-order valence-corrected chi connectivity index (χ4v) is 5.91. The van der Waals surface area contributed by atoms with Crippen LogP contribution in [-0.2, 0) is 23.9 Å². The van der Waals surface area contributed by atoms with E-state index in [0.717, 1.165) is 29.5 Å². The number of allylic oxidation sites excluding steroid dienone is 1. The number of fused-ring (bicyclic) bond motifs is 2. The number of nitrogens with zero attached hydrogens (tertiary/aromatic N) is 6. The minimum atomic E-state index is -0.198. The van der Waals surface area contributed by atoms with E-state index in [1.165, 1.54) is 11.1 Å². The zero-order valence-corrected chi connectivity index (χ0v) is 23.6. The second kappa shape index (κ2) is 9.36. The first kappa shape index (κ1) is 26.1. The van der Waals surface area contributed by atoms with Crippen LogP contribution < -0.4 is 10.9 Å². The van der Waals surface area contributed by atoms with Crippen LogP contribution in [0.25, 0.3) is 16.9 Å². The molecule has 0 aliphatic carbocycles. The molecule has 0 amide bonds. The van der Waals surface area contributed by atoms with E-state index in [1.54, 1.807) is 21.6 Å². The van der Waals surface area contributed by atoms with Gasteiger partial charge in [0.25, 0.3) is 5.56 Å². The highest BCUT2D eigenvalue weighted by Crippen LogP contribution is 2.39. The first-order valence-electron chi connectivity index (χ1n) is 12.7. The van der Waals surface area contributed by atoms with E-state index in [0.29, 0.717) is 29.3 Å². The molecule has 1 aliphatic rings. The molecule has 0 fully saturated rings. The quantitative estimate of drug-likeness (QED) is 0.338. The number of rotatable bonds is 5. The Hall–Kier alpha value is -3.49. The highest BCUT2D eigenvalue weighted by atomic mass is 35.5. The van der Waals surface area contributed by atoms with E-state index in [1.807, 2.05) is 24.3 Å². The summed E-state index contributed by atoms with van der Waals surface area (Å²) < 4.78 is 3.33. The molecule has 0 saturated carbocycles. The number of pyridine rings is 1. The fraction of sp³-hybridized carbons (Fsp3) is 0.379. The van der Waals surface area contributed by atoms with Gasteiger partial charge < -0.3 is 10.2 Å². The van der Waals surface area contributed by atoms with Crippen LogP contribution in [-0.4, -0.2) is 42.8 Å². The van der Waals surface area contributed by atoms with Crippen LogP contribution in [0.15, 0.2) is 54.0 Å². The summed E-state index contributed by atoms with van der Waals surface area (Å²) in [5, 5.41) is 4.45. The SMILES string of the molecule is C=CCn1c(=O)c2cnc(Nc3cc(Cl)c4c(c3)CN(C)CC4(C)C)nc2n1-c1cccc(C(C)(C)C)n1. The van der Waals surface area contributed by atoms with Gasteiger partial charge in [-0.3, -0.25) is 4.79 Å². The molecular weight excluding hydrogens is 498 g/mol. The summed E-state index contributed by atoms with van der Waals surface area (Å²) in [7, 11) is 2.12. The van der Waals surface area contributed by atoms with Crippen molar-refractivity contribution >= 4 is 34.3 Å². The number of anilines is 2. The van der Waals surface area contributed by atoms with Crippen molar-refractivity contribution in [3.8, 4) is 5.82 Å². The van der Waals surface area contributed by atoms with Gasteiger partial charge in [-0.2, -0.15) is 4.98 Å². The molecule has 4 aromatic rings. The summed E-state index contributed by atoms with van der Waals surface area (Å²) >= 11 is 6.79. The maximum Gasteiger partial charge on any atom is 0.278 e. The third-order valence-corrected chi connectivity index (χ3v) is 7.21. The molecule has 8 nitrogen and oxygen atoms in total. The number of benzene rings is 1. The molecule has 198 valence electrons. The largest absolute Gasteiger partial charge is 0.324 e. The zero-order chi connectivity index (χ0) is 27.4. The van der Waals surface area contributed by atoms with E-state index in [-0.39, 0.29) is 16.4 Å². The van der Waals surface area contributed by atoms with Crippen LogP contribution in [0.3, 0.4) is 0 Å². The Morgan fingerprint density at radius 1 is 1.21 bits per heavy atom. The number of hydrogen-bond acceptors (Lipinski definition) is 6. The molecule has 0 atom stereocenters. The minimum absolute atomic E-state index is 0.0495. The Labute approximate surface area is 228 Å². The highest BCUT2D eigenvalue weighted by Gasteiger charge is 2.32. The van der Waals surface area contributed by atoms with Crippen LogP contribution >= 0.6 is 11.6 Å². The Morgan fingerprint density at radius 3 is 2.68 bits per heavy atom. The first-order chi connectivity index (χ1) is 17.9. The molecule has 1 aromatic carbocycles. The lowest BCUT2D eigenvalue weighted by Gasteiger charge is -2.39. The predicted molar refractivity (Wildman–Crippen MR) is 154 cm³/mol. The number of halogens is 1. The van der Waals surface area contributed by atoms with Crippen LogP contribution in [0.5, 0.6) is 0 Å². The van der Waals surface area contributed by atoms with Gasteiger partial charge in [-0.25, -0.2) is 19.3 Å². The summed E-state index contributed by atoms with van der Waals surface area (Å²) in [5.41, 5.74) is 4.14. The zero-order valence-electron chi connectivity index (χ0n) is 22.8. The molecule has 1 aliphatic heterocycles. The minimum Gasteiger partial charge on any atom is -0.324 e. The van der Waals surface area contributed by atoms with Crippen molar-refractivity contribution in [2.24, 2.45) is 0 Å². The van der Waals surface area contributed by atoms with E-state index in [2.05, 4.69) is 69.5 Å². The van der Waals surface area contributed by atoms with Crippen LogP contribution in [0.4, 0.5) is 11.6 Å². The lowest BCUT2D eigenvalue weighted by molar-refractivity contribution is 0.236. The maximum absolute atomic E-state index is 13.3. The van der Waals surface area contributed by atoms with Crippen molar-refractivity contribution in [3.63, 3.8) is 0 Å². The molecule has 0 unspecified atom stereocenters. The normalized spacial score (nSPS) is 15.4. The number of nitrogens with one attached hydrogen (secondary N) is 1. The van der Waals surface area contributed by atoms with E-state index >= 15 is 0 Å². The first-order valence-corrected chi connectivity index (χ1v) is 13.1. The molecule has 0 spiro atoms. The van der Waals surface area contributed by atoms with Gasteiger partial charge in [0.05, 0.1) is 6.54 Å². The number of hydrogen-bond donors (Lipinski definition) is 1. The second-order valence-electron chi connectivity index (χ2n) is 11.7. The molecular formula is C29H34ClN7O. The molecule has 5 rings (SSSR count). The van der Waals surface area contributed by atoms with Gasteiger partial charge >= 0.3 is 0 Å². The lowest BCUT2D eigenvalue weighted by atomic mass is 9.78. The van der Waals surface area contributed by atoms with Crippen molar-refractivity contribution in [1.82, 2.24) is 29.2 Å². The van der Waals surface area contributed by atoms with Crippen molar-refractivity contribution in [3.05, 3.63) is 81.4 Å². The van der Waals surface area contributed by atoms with Crippen molar-refractivity contribution in [2.45, 2.75) is 58.5 Å². The third-order valence-electron chi connectivity index (χ3n) is 6.91. The molecule has 1 N–H and O–H groups in total. The molecule has 0 radical (unpaired) electrons. The maximum atomic E-state index is 13.3. The predicted octanol–water partition coefficient (Wildman–Crippen LogP) is 5.58. The number of aromatic nitrogens is 5. The monoisotopic (exact) mass is 531 g/mol. The van der Waals surface area contributed by atoms with Gasteiger partial charge in [0, 0.05) is 46.5 Å².